The zero-order valence-corrected chi connectivity index (χ0v) is 9.34. The van der Waals surface area contributed by atoms with Gasteiger partial charge in [-0.1, -0.05) is 18.2 Å². The molecule has 0 aliphatic rings. The Morgan fingerprint density at radius 1 is 1.06 bits per heavy atom. The molecule has 0 fully saturated rings. The van der Waals surface area contributed by atoms with Gasteiger partial charge in [-0.05, 0) is 12.1 Å². The summed E-state index contributed by atoms with van der Waals surface area (Å²) >= 11 is 0. The molecule has 1 aromatic carbocycles. The Bertz CT molecular complexity index is 727. The second kappa shape index (κ2) is 4.03. The predicted octanol–water partition coefficient (Wildman–Crippen LogP) is 2.41. The van der Waals surface area contributed by atoms with E-state index in [9.17, 15) is 4.39 Å². The molecule has 0 saturated carbocycles. The number of para-hydroxylation sites is 1. The van der Waals surface area contributed by atoms with Crippen LogP contribution >= 0.6 is 0 Å². The Morgan fingerprint density at radius 2 is 1.89 bits per heavy atom. The number of hydrogen-bond donors (Lipinski definition) is 1. The van der Waals surface area contributed by atoms with E-state index in [1.54, 1.807) is 6.20 Å². The standard InChI is InChI=1S/C13H9FN4/c14-10-7-17-13(15)18-12(10)9-5-8-3-1-2-4-11(8)16-6-9/h1-7H,(H2,15,17,18). The minimum absolute atomic E-state index is 0.0413. The van der Waals surface area contributed by atoms with Crippen LogP contribution in [0.1, 0.15) is 0 Å². The molecule has 0 spiro atoms. The van der Waals surface area contributed by atoms with Crippen LogP contribution < -0.4 is 5.73 Å². The first-order chi connectivity index (χ1) is 8.74. The molecule has 4 nitrogen and oxygen atoms in total. The van der Waals surface area contributed by atoms with Crippen molar-refractivity contribution in [3.8, 4) is 11.3 Å². The van der Waals surface area contributed by atoms with E-state index >= 15 is 0 Å². The van der Waals surface area contributed by atoms with Crippen LogP contribution in [-0.4, -0.2) is 15.0 Å². The van der Waals surface area contributed by atoms with Crippen molar-refractivity contribution in [2.45, 2.75) is 0 Å². The average molecular weight is 240 g/mol. The summed E-state index contributed by atoms with van der Waals surface area (Å²) < 4.78 is 13.6. The monoisotopic (exact) mass is 240 g/mol. The first-order valence-corrected chi connectivity index (χ1v) is 5.37. The summed E-state index contributed by atoms with van der Waals surface area (Å²) in [6, 6.07) is 9.43. The highest BCUT2D eigenvalue weighted by Crippen LogP contribution is 2.23. The Kier molecular flexibility index (Phi) is 2.37. The molecule has 0 aliphatic heterocycles. The Morgan fingerprint density at radius 3 is 2.78 bits per heavy atom. The second-order valence-corrected chi connectivity index (χ2v) is 3.84. The van der Waals surface area contributed by atoms with Crippen LogP contribution in [0.2, 0.25) is 0 Å². The van der Waals surface area contributed by atoms with Gasteiger partial charge in [0.05, 0.1) is 11.7 Å². The number of nitrogens with two attached hydrogens (primary N) is 1. The van der Waals surface area contributed by atoms with E-state index in [0.29, 0.717) is 5.56 Å². The SMILES string of the molecule is Nc1ncc(F)c(-c2cnc3ccccc3c2)n1. The molecule has 0 saturated heterocycles. The summed E-state index contributed by atoms with van der Waals surface area (Å²) in [5.74, 6) is -0.471. The number of fused-ring (bicyclic) bond motifs is 1. The summed E-state index contributed by atoms with van der Waals surface area (Å²) in [7, 11) is 0. The van der Waals surface area contributed by atoms with Crippen LogP contribution in [0.25, 0.3) is 22.2 Å². The van der Waals surface area contributed by atoms with E-state index in [2.05, 4.69) is 15.0 Å². The largest absolute Gasteiger partial charge is 0.368 e. The molecular formula is C13H9FN4. The van der Waals surface area contributed by atoms with Gasteiger partial charge in [-0.15, -0.1) is 0 Å². The minimum Gasteiger partial charge on any atom is -0.368 e. The highest BCUT2D eigenvalue weighted by molar-refractivity contribution is 5.82. The van der Waals surface area contributed by atoms with E-state index in [1.165, 1.54) is 0 Å². The first kappa shape index (κ1) is 10.6. The van der Waals surface area contributed by atoms with Crippen LogP contribution in [0.4, 0.5) is 10.3 Å². The molecule has 0 aliphatic carbocycles. The molecular weight excluding hydrogens is 231 g/mol. The summed E-state index contributed by atoms with van der Waals surface area (Å²) in [4.78, 5) is 11.8. The quantitative estimate of drug-likeness (QED) is 0.709. The van der Waals surface area contributed by atoms with Crippen molar-refractivity contribution in [3.05, 3.63) is 48.5 Å². The van der Waals surface area contributed by atoms with Gasteiger partial charge < -0.3 is 5.73 Å². The van der Waals surface area contributed by atoms with E-state index in [4.69, 9.17) is 5.73 Å². The van der Waals surface area contributed by atoms with E-state index in [1.807, 2.05) is 30.3 Å². The maximum Gasteiger partial charge on any atom is 0.220 e. The lowest BCUT2D eigenvalue weighted by Crippen LogP contribution is -1.99. The number of nitrogens with zero attached hydrogens (tertiary/aromatic N) is 3. The van der Waals surface area contributed by atoms with Gasteiger partial charge >= 0.3 is 0 Å². The predicted molar refractivity (Wildman–Crippen MR) is 67.1 cm³/mol. The third kappa shape index (κ3) is 1.75. The van der Waals surface area contributed by atoms with Crippen LogP contribution in [0, 0.1) is 5.82 Å². The molecule has 2 heterocycles. The molecule has 0 unspecified atom stereocenters. The number of aromatic nitrogens is 3. The molecule has 0 amide bonds. The van der Waals surface area contributed by atoms with Crippen molar-refractivity contribution in [1.82, 2.24) is 15.0 Å². The normalized spacial score (nSPS) is 10.7. The van der Waals surface area contributed by atoms with E-state index in [-0.39, 0.29) is 11.6 Å². The fraction of sp³-hybridized carbons (Fsp3) is 0. The van der Waals surface area contributed by atoms with Crippen molar-refractivity contribution in [3.63, 3.8) is 0 Å². The number of nitrogen functional groups attached to an aromatic ring is 1. The smallest absolute Gasteiger partial charge is 0.220 e. The molecule has 2 aromatic heterocycles. The maximum atomic E-state index is 13.6. The molecule has 5 heteroatoms. The molecule has 88 valence electrons. The van der Waals surface area contributed by atoms with Gasteiger partial charge in [-0.2, -0.15) is 0 Å². The van der Waals surface area contributed by atoms with Crippen molar-refractivity contribution in [1.29, 1.82) is 0 Å². The highest BCUT2D eigenvalue weighted by atomic mass is 19.1. The van der Waals surface area contributed by atoms with Crippen LogP contribution in [0.3, 0.4) is 0 Å². The molecule has 3 rings (SSSR count). The zero-order valence-electron chi connectivity index (χ0n) is 9.34. The van der Waals surface area contributed by atoms with Crippen molar-refractivity contribution >= 4 is 16.9 Å². The molecule has 0 radical (unpaired) electrons. The van der Waals surface area contributed by atoms with Gasteiger partial charge in [0.25, 0.3) is 0 Å². The third-order valence-electron chi connectivity index (χ3n) is 2.63. The lowest BCUT2D eigenvalue weighted by molar-refractivity contribution is 0.619. The van der Waals surface area contributed by atoms with Crippen molar-refractivity contribution < 1.29 is 4.39 Å². The summed E-state index contributed by atoms with van der Waals surface area (Å²) in [5.41, 5.74) is 7.07. The Balaban J connectivity index is 2.22. The van der Waals surface area contributed by atoms with Gasteiger partial charge in [0, 0.05) is 17.1 Å². The third-order valence-corrected chi connectivity index (χ3v) is 2.63. The fourth-order valence-electron chi connectivity index (χ4n) is 1.78. The van der Waals surface area contributed by atoms with Crippen molar-refractivity contribution in [2.75, 3.05) is 5.73 Å². The Labute approximate surface area is 102 Å². The highest BCUT2D eigenvalue weighted by Gasteiger charge is 2.09. The Hall–Kier alpha value is -2.56. The zero-order chi connectivity index (χ0) is 12.5. The lowest BCUT2D eigenvalue weighted by Gasteiger charge is -2.04. The van der Waals surface area contributed by atoms with Gasteiger partial charge in [0.15, 0.2) is 5.82 Å². The molecule has 0 atom stereocenters. The van der Waals surface area contributed by atoms with Gasteiger partial charge in [0.2, 0.25) is 5.95 Å². The maximum absolute atomic E-state index is 13.6. The van der Waals surface area contributed by atoms with Crippen LogP contribution in [0.5, 0.6) is 0 Å². The topological polar surface area (TPSA) is 64.7 Å². The summed E-state index contributed by atoms with van der Waals surface area (Å²) in [6.07, 6.45) is 2.64. The number of rotatable bonds is 1. The number of hydrogen-bond acceptors (Lipinski definition) is 4. The number of halogens is 1. The molecule has 3 aromatic rings. The average Bonchev–Trinajstić information content (AvgIpc) is 2.41. The van der Waals surface area contributed by atoms with Gasteiger partial charge in [0.1, 0.15) is 5.69 Å². The number of benzene rings is 1. The van der Waals surface area contributed by atoms with Crippen molar-refractivity contribution in [2.24, 2.45) is 0 Å². The number of pyridine rings is 1. The molecule has 18 heavy (non-hydrogen) atoms. The van der Waals surface area contributed by atoms with Crippen LogP contribution in [-0.2, 0) is 0 Å². The summed E-state index contributed by atoms with van der Waals surface area (Å²) in [6.45, 7) is 0. The van der Waals surface area contributed by atoms with E-state index in [0.717, 1.165) is 17.1 Å². The first-order valence-electron chi connectivity index (χ1n) is 5.37. The molecule has 0 bridgehead atoms. The van der Waals surface area contributed by atoms with Gasteiger partial charge in [-0.3, -0.25) is 4.98 Å². The minimum atomic E-state index is -0.513. The number of anilines is 1. The van der Waals surface area contributed by atoms with Gasteiger partial charge in [-0.25, -0.2) is 14.4 Å². The van der Waals surface area contributed by atoms with E-state index < -0.39 is 5.82 Å². The molecule has 2 N–H and O–H groups in total. The lowest BCUT2D eigenvalue weighted by atomic mass is 10.1. The second-order valence-electron chi connectivity index (χ2n) is 3.84. The summed E-state index contributed by atoms with van der Waals surface area (Å²) in [5, 5.41) is 0.923. The van der Waals surface area contributed by atoms with Crippen LogP contribution in [0.15, 0.2) is 42.7 Å². The fourth-order valence-corrected chi connectivity index (χ4v) is 1.78.